The number of ether oxygens (including phenoxy) is 3. The van der Waals surface area contributed by atoms with Gasteiger partial charge in [0.1, 0.15) is 11.1 Å². The average molecular weight is 585 g/mol. The number of hydrogen-bond donors (Lipinski definition) is 4. The third-order valence-corrected chi connectivity index (χ3v) is 8.34. The quantitative estimate of drug-likeness (QED) is 0.299. The van der Waals surface area contributed by atoms with Crippen molar-refractivity contribution in [2.45, 2.75) is 103 Å². The number of benzene rings is 1. The van der Waals surface area contributed by atoms with Crippen LogP contribution in [0.3, 0.4) is 0 Å². The number of aliphatic hydroxyl groups excluding tert-OH is 1. The molecule has 1 aromatic heterocycles. The predicted molar refractivity (Wildman–Crippen MR) is 150 cm³/mol. The molecule has 0 aliphatic carbocycles. The maximum Gasteiger partial charge on any atom is 0.411 e. The van der Waals surface area contributed by atoms with Gasteiger partial charge in [-0.05, 0) is 73.4 Å². The maximum absolute atomic E-state index is 13.4. The van der Waals surface area contributed by atoms with Crippen molar-refractivity contribution in [3.63, 3.8) is 0 Å². The number of sulfonamides is 1. The summed E-state index contributed by atoms with van der Waals surface area (Å²) in [5.41, 5.74) is 0.0345. The van der Waals surface area contributed by atoms with E-state index in [0.29, 0.717) is 29.2 Å². The van der Waals surface area contributed by atoms with Crippen molar-refractivity contribution in [3.05, 3.63) is 29.4 Å². The van der Waals surface area contributed by atoms with Gasteiger partial charge >= 0.3 is 6.09 Å². The Labute approximate surface area is 234 Å². The summed E-state index contributed by atoms with van der Waals surface area (Å²) in [4.78, 5) is 17.3. The molecule has 4 N–H and O–H groups in total. The summed E-state index contributed by atoms with van der Waals surface area (Å²) in [6.07, 6.45) is 0.658. The third kappa shape index (κ3) is 9.48. The smallest absolute Gasteiger partial charge is 0.411 e. The zero-order valence-electron chi connectivity index (χ0n) is 23.5. The highest BCUT2D eigenvalue weighted by Gasteiger charge is 2.29. The lowest BCUT2D eigenvalue weighted by Gasteiger charge is -2.30. The first-order valence-corrected chi connectivity index (χ1v) is 15.3. The molecule has 0 radical (unpaired) electrons. The summed E-state index contributed by atoms with van der Waals surface area (Å²) >= 11 is 1.36. The first kappa shape index (κ1) is 31.4. The van der Waals surface area contributed by atoms with Crippen LogP contribution in [0.4, 0.5) is 10.5 Å². The molecule has 39 heavy (non-hydrogen) atoms. The van der Waals surface area contributed by atoms with E-state index in [4.69, 9.17) is 14.2 Å². The van der Waals surface area contributed by atoms with Gasteiger partial charge in [-0.15, -0.1) is 11.3 Å². The predicted octanol–water partition coefficient (Wildman–Crippen LogP) is 4.35. The van der Waals surface area contributed by atoms with Crippen LogP contribution in [0.25, 0.3) is 10.4 Å². The molecule has 0 bridgehead atoms. The molecule has 2 heterocycles. The lowest BCUT2D eigenvalue weighted by atomic mass is 10.1. The van der Waals surface area contributed by atoms with Crippen molar-refractivity contribution in [2.24, 2.45) is 0 Å². The number of carbonyl (C=O) groups is 1. The molecule has 1 fully saturated rings. The fourth-order valence-corrected chi connectivity index (χ4v) is 6.75. The molecule has 0 saturated carbocycles. The van der Waals surface area contributed by atoms with Gasteiger partial charge in [0.15, 0.2) is 0 Å². The minimum atomic E-state index is -3.96. The summed E-state index contributed by atoms with van der Waals surface area (Å²) in [5.74, 6) is 0. The Morgan fingerprint density at radius 2 is 1.90 bits per heavy atom. The zero-order valence-corrected chi connectivity index (χ0v) is 25.1. The van der Waals surface area contributed by atoms with Crippen LogP contribution in [0.2, 0.25) is 0 Å². The summed E-state index contributed by atoms with van der Waals surface area (Å²) in [6.45, 7) is 12.8. The number of aliphatic hydroxyl groups is 1. The number of rotatable bonds is 10. The summed E-state index contributed by atoms with van der Waals surface area (Å²) in [7, 11) is -3.96. The van der Waals surface area contributed by atoms with E-state index in [1.165, 1.54) is 17.4 Å². The Morgan fingerprint density at radius 1 is 1.18 bits per heavy atom. The SMILES string of the molecule is CC(C)OC(=O)Nc1ccc(-c2cnc([C@@H]3CC[C@@H](NC(O)OC(C)C)CO3)s2)c(S(=O)(=O)NC(C)(C)C)c1. The Bertz CT molecular complexity index is 1220. The lowest BCUT2D eigenvalue weighted by Crippen LogP contribution is -2.45. The molecule has 11 nitrogen and oxygen atoms in total. The van der Waals surface area contributed by atoms with Gasteiger partial charge in [0, 0.05) is 29.0 Å². The van der Waals surface area contributed by atoms with Crippen LogP contribution in [0.5, 0.6) is 0 Å². The monoisotopic (exact) mass is 584 g/mol. The molecule has 218 valence electrons. The van der Waals surface area contributed by atoms with Gasteiger partial charge in [-0.25, -0.2) is 22.9 Å². The fraction of sp³-hybridized carbons (Fsp3) is 0.615. The Kier molecular flexibility index (Phi) is 10.5. The minimum absolute atomic E-state index is 0.0166. The molecule has 3 rings (SSSR count). The summed E-state index contributed by atoms with van der Waals surface area (Å²) in [5, 5.41) is 16.3. The Hall–Kier alpha value is -2.13. The number of thiazole rings is 1. The average Bonchev–Trinajstić information content (AvgIpc) is 3.27. The van der Waals surface area contributed by atoms with Crippen LogP contribution >= 0.6 is 11.3 Å². The Balaban J connectivity index is 1.82. The largest absolute Gasteiger partial charge is 0.447 e. The molecule has 13 heteroatoms. The number of amides is 1. The topological polar surface area (TPSA) is 148 Å². The van der Waals surface area contributed by atoms with Crippen LogP contribution in [0, 0.1) is 0 Å². The van der Waals surface area contributed by atoms with E-state index in [1.54, 1.807) is 52.9 Å². The second-order valence-corrected chi connectivity index (χ2v) is 13.7. The van der Waals surface area contributed by atoms with E-state index >= 15 is 0 Å². The van der Waals surface area contributed by atoms with E-state index in [0.717, 1.165) is 11.4 Å². The van der Waals surface area contributed by atoms with Crippen molar-refractivity contribution in [1.29, 1.82) is 0 Å². The molecule has 1 aromatic carbocycles. The minimum Gasteiger partial charge on any atom is -0.447 e. The highest BCUT2D eigenvalue weighted by molar-refractivity contribution is 7.89. The Morgan fingerprint density at radius 3 is 2.49 bits per heavy atom. The molecule has 1 unspecified atom stereocenters. The van der Waals surface area contributed by atoms with Gasteiger partial charge in [-0.1, -0.05) is 6.07 Å². The third-order valence-electron chi connectivity index (χ3n) is 5.42. The number of nitrogens with zero attached hydrogens (tertiary/aromatic N) is 1. The van der Waals surface area contributed by atoms with Gasteiger partial charge in [-0.3, -0.25) is 10.6 Å². The van der Waals surface area contributed by atoms with E-state index in [2.05, 4.69) is 20.3 Å². The second kappa shape index (κ2) is 13.0. The molecule has 1 aliphatic heterocycles. The number of nitrogens with one attached hydrogen (secondary N) is 3. The summed E-state index contributed by atoms with van der Waals surface area (Å²) in [6, 6.07) is 4.64. The number of aromatic nitrogens is 1. The molecule has 2 aromatic rings. The van der Waals surface area contributed by atoms with Crippen LogP contribution < -0.4 is 15.4 Å². The maximum atomic E-state index is 13.4. The number of hydrogen-bond acceptors (Lipinski definition) is 10. The normalized spacial score (nSPS) is 19.3. The van der Waals surface area contributed by atoms with E-state index in [9.17, 15) is 18.3 Å². The van der Waals surface area contributed by atoms with Gasteiger partial charge in [-0.2, -0.15) is 0 Å². The standard InChI is InChI=1S/C26H40N4O7S2/c1-15(2)36-24(31)28-17-8-10-19(22(12-17)39(33,34)30-26(5,6)7)21-13-27-23(38-21)20-11-9-18(14-35-20)29-25(32)37-16(3)4/h8,10,12-13,15-16,18,20,25,29-30,32H,9,11,14H2,1-7H3,(H,28,31)/t18-,20+,25?/m1/s1. The van der Waals surface area contributed by atoms with Crippen molar-refractivity contribution in [1.82, 2.24) is 15.0 Å². The zero-order chi connectivity index (χ0) is 29.0. The highest BCUT2D eigenvalue weighted by atomic mass is 32.2. The first-order valence-electron chi connectivity index (χ1n) is 13.0. The van der Waals surface area contributed by atoms with Gasteiger partial charge in [0.25, 0.3) is 0 Å². The molecule has 1 saturated heterocycles. The molecule has 0 spiro atoms. The van der Waals surface area contributed by atoms with E-state index < -0.39 is 28.1 Å². The van der Waals surface area contributed by atoms with Crippen molar-refractivity contribution in [2.75, 3.05) is 11.9 Å². The molecule has 3 atom stereocenters. The highest BCUT2D eigenvalue weighted by Crippen LogP contribution is 2.38. The van der Waals surface area contributed by atoms with Crippen molar-refractivity contribution < 1.29 is 32.5 Å². The van der Waals surface area contributed by atoms with E-state index in [-0.39, 0.29) is 29.2 Å². The van der Waals surface area contributed by atoms with Crippen LogP contribution in [0.1, 0.15) is 72.4 Å². The fourth-order valence-electron chi connectivity index (χ4n) is 3.98. The van der Waals surface area contributed by atoms with Crippen LogP contribution in [-0.4, -0.2) is 61.4 Å². The summed E-state index contributed by atoms with van der Waals surface area (Å²) < 4.78 is 46.0. The molecular formula is C26H40N4O7S2. The van der Waals surface area contributed by atoms with Gasteiger partial charge in [0.2, 0.25) is 16.4 Å². The molecule has 1 aliphatic rings. The van der Waals surface area contributed by atoms with Gasteiger partial charge < -0.3 is 19.3 Å². The van der Waals surface area contributed by atoms with Crippen LogP contribution in [0.15, 0.2) is 29.3 Å². The number of carbonyl (C=O) groups excluding carboxylic acids is 1. The molecular weight excluding hydrogens is 544 g/mol. The van der Waals surface area contributed by atoms with E-state index in [1.807, 2.05) is 13.8 Å². The van der Waals surface area contributed by atoms with Crippen molar-refractivity contribution >= 4 is 33.1 Å². The molecule has 1 amide bonds. The first-order chi connectivity index (χ1) is 18.1. The van der Waals surface area contributed by atoms with Crippen LogP contribution in [-0.2, 0) is 24.2 Å². The second-order valence-electron chi connectivity index (χ2n) is 11.0. The number of anilines is 1. The lowest BCUT2D eigenvalue weighted by molar-refractivity contribution is -0.157. The van der Waals surface area contributed by atoms with Crippen molar-refractivity contribution in [3.8, 4) is 10.4 Å². The van der Waals surface area contributed by atoms with Gasteiger partial charge in [0.05, 0.1) is 28.6 Å².